The molecule has 0 radical (unpaired) electrons. The fraction of sp³-hybridized carbons (Fsp3) is 0. The normalized spacial score (nSPS) is 10.4. The van der Waals surface area contributed by atoms with Crippen LogP contribution in [0.3, 0.4) is 0 Å². The molecule has 0 saturated heterocycles. The van der Waals surface area contributed by atoms with E-state index < -0.39 is 0 Å². The minimum Gasteiger partial charge on any atom is -0.368 e. The molecule has 0 bridgehead atoms. The highest BCUT2D eigenvalue weighted by Crippen LogP contribution is 2.30. The summed E-state index contributed by atoms with van der Waals surface area (Å²) >= 11 is 1.56. The number of nitrogens with two attached hydrogens (primary N) is 1. The zero-order valence-electron chi connectivity index (χ0n) is 9.32. The van der Waals surface area contributed by atoms with Gasteiger partial charge in [0.05, 0.1) is 10.6 Å². The van der Waals surface area contributed by atoms with Crippen molar-refractivity contribution in [2.45, 2.75) is 0 Å². The van der Waals surface area contributed by atoms with Crippen molar-refractivity contribution in [2.75, 3.05) is 5.73 Å². The van der Waals surface area contributed by atoms with E-state index in [1.54, 1.807) is 36.1 Å². The lowest BCUT2D eigenvalue weighted by molar-refractivity contribution is 1.19. The number of anilines is 1. The van der Waals surface area contributed by atoms with Gasteiger partial charge in [-0.1, -0.05) is 0 Å². The summed E-state index contributed by atoms with van der Waals surface area (Å²) in [5.74, 6) is 0.270. The molecule has 2 N–H and O–H groups in total. The third-order valence-electron chi connectivity index (χ3n) is 2.36. The maximum atomic E-state index is 5.57. The molecule has 0 atom stereocenters. The summed E-state index contributed by atoms with van der Waals surface area (Å²) < 4.78 is 0. The summed E-state index contributed by atoms with van der Waals surface area (Å²) in [6.45, 7) is 0. The zero-order chi connectivity index (χ0) is 12.4. The topological polar surface area (TPSA) is 77.6 Å². The van der Waals surface area contributed by atoms with Crippen LogP contribution in [-0.2, 0) is 0 Å². The van der Waals surface area contributed by atoms with Crippen molar-refractivity contribution in [2.24, 2.45) is 0 Å². The first-order valence-electron chi connectivity index (χ1n) is 5.28. The molecule has 5 nitrogen and oxygen atoms in total. The molecule has 0 aromatic carbocycles. The van der Waals surface area contributed by atoms with E-state index in [1.165, 1.54) is 0 Å². The van der Waals surface area contributed by atoms with Crippen molar-refractivity contribution >= 4 is 17.3 Å². The minimum absolute atomic E-state index is 0.270. The molecule has 3 rings (SSSR count). The molecular weight excluding hydrogens is 246 g/mol. The Balaban J connectivity index is 2.00. The largest absolute Gasteiger partial charge is 0.368 e. The molecule has 0 spiro atoms. The SMILES string of the molecule is Nc1nccc(-c2cnc(-c3ccncc3)s2)n1. The van der Waals surface area contributed by atoms with Crippen LogP contribution < -0.4 is 5.73 Å². The van der Waals surface area contributed by atoms with E-state index in [0.717, 1.165) is 21.1 Å². The van der Waals surface area contributed by atoms with Gasteiger partial charge in [0.15, 0.2) is 0 Å². The van der Waals surface area contributed by atoms with Crippen LogP contribution in [0.4, 0.5) is 5.95 Å². The van der Waals surface area contributed by atoms with Gasteiger partial charge in [0.1, 0.15) is 5.01 Å². The average Bonchev–Trinajstić information content (AvgIpc) is 2.89. The van der Waals surface area contributed by atoms with Gasteiger partial charge in [-0.15, -0.1) is 11.3 Å². The summed E-state index contributed by atoms with van der Waals surface area (Å²) in [5.41, 5.74) is 7.40. The third-order valence-corrected chi connectivity index (χ3v) is 3.43. The number of nitrogens with zero attached hydrogens (tertiary/aromatic N) is 4. The first kappa shape index (κ1) is 10.8. The third kappa shape index (κ3) is 2.05. The van der Waals surface area contributed by atoms with Crippen molar-refractivity contribution in [3.05, 3.63) is 43.0 Å². The molecule has 88 valence electrons. The monoisotopic (exact) mass is 255 g/mol. The lowest BCUT2D eigenvalue weighted by Gasteiger charge is -1.96. The molecule has 6 heteroatoms. The van der Waals surface area contributed by atoms with Gasteiger partial charge in [-0.05, 0) is 18.2 Å². The average molecular weight is 255 g/mol. The van der Waals surface area contributed by atoms with E-state index in [0.29, 0.717) is 0 Å². The number of nitrogen functional groups attached to an aromatic ring is 1. The van der Waals surface area contributed by atoms with E-state index in [4.69, 9.17) is 5.73 Å². The first-order valence-corrected chi connectivity index (χ1v) is 6.10. The van der Waals surface area contributed by atoms with Crippen LogP contribution in [0, 0.1) is 0 Å². The molecule has 0 saturated carbocycles. The lowest BCUT2D eigenvalue weighted by atomic mass is 10.3. The Morgan fingerprint density at radius 3 is 2.61 bits per heavy atom. The summed E-state index contributed by atoms with van der Waals surface area (Å²) in [4.78, 5) is 17.4. The fourth-order valence-corrected chi connectivity index (χ4v) is 2.42. The second-order valence-electron chi connectivity index (χ2n) is 3.57. The highest BCUT2D eigenvalue weighted by atomic mass is 32.1. The van der Waals surface area contributed by atoms with Crippen LogP contribution in [0.2, 0.25) is 0 Å². The molecule has 0 amide bonds. The van der Waals surface area contributed by atoms with Crippen molar-refractivity contribution in [3.63, 3.8) is 0 Å². The smallest absolute Gasteiger partial charge is 0.220 e. The van der Waals surface area contributed by atoms with Crippen LogP contribution in [0.25, 0.3) is 21.1 Å². The van der Waals surface area contributed by atoms with E-state index in [9.17, 15) is 0 Å². The second kappa shape index (κ2) is 4.50. The molecule has 0 aliphatic carbocycles. The number of pyridine rings is 1. The van der Waals surface area contributed by atoms with Crippen LogP contribution >= 0.6 is 11.3 Å². The maximum Gasteiger partial charge on any atom is 0.220 e. The first-order chi connectivity index (χ1) is 8.83. The van der Waals surface area contributed by atoms with Crippen molar-refractivity contribution < 1.29 is 0 Å². The zero-order valence-corrected chi connectivity index (χ0v) is 10.1. The van der Waals surface area contributed by atoms with Crippen LogP contribution in [0.5, 0.6) is 0 Å². The lowest BCUT2D eigenvalue weighted by Crippen LogP contribution is -1.93. The van der Waals surface area contributed by atoms with Gasteiger partial charge in [-0.2, -0.15) is 0 Å². The van der Waals surface area contributed by atoms with E-state index in [-0.39, 0.29) is 5.95 Å². The Hall–Kier alpha value is -2.34. The van der Waals surface area contributed by atoms with Gasteiger partial charge in [0.2, 0.25) is 5.95 Å². The van der Waals surface area contributed by atoms with Crippen molar-refractivity contribution in [1.29, 1.82) is 0 Å². The Morgan fingerprint density at radius 2 is 1.83 bits per heavy atom. The summed E-state index contributed by atoms with van der Waals surface area (Å²) in [6, 6.07) is 5.67. The maximum absolute atomic E-state index is 5.57. The molecular formula is C12H9N5S. The van der Waals surface area contributed by atoms with E-state index in [1.807, 2.05) is 18.2 Å². The highest BCUT2D eigenvalue weighted by Gasteiger charge is 2.07. The molecule has 18 heavy (non-hydrogen) atoms. The quantitative estimate of drug-likeness (QED) is 0.759. The van der Waals surface area contributed by atoms with Gasteiger partial charge in [0.25, 0.3) is 0 Å². The van der Waals surface area contributed by atoms with Crippen LogP contribution in [0.1, 0.15) is 0 Å². The van der Waals surface area contributed by atoms with Gasteiger partial charge in [-0.3, -0.25) is 4.98 Å². The second-order valence-corrected chi connectivity index (χ2v) is 4.60. The summed E-state index contributed by atoms with van der Waals surface area (Å²) in [6.07, 6.45) is 6.93. The fourth-order valence-electron chi connectivity index (χ4n) is 1.53. The molecule has 0 aliphatic rings. The Labute approximate surface area is 107 Å². The molecule has 0 unspecified atom stereocenters. The summed E-state index contributed by atoms with van der Waals surface area (Å²) in [7, 11) is 0. The molecule has 3 aromatic rings. The number of rotatable bonds is 2. The van der Waals surface area contributed by atoms with Crippen LogP contribution in [-0.4, -0.2) is 19.9 Å². The van der Waals surface area contributed by atoms with Gasteiger partial charge < -0.3 is 5.73 Å². The van der Waals surface area contributed by atoms with Crippen LogP contribution in [0.15, 0.2) is 43.0 Å². The number of thiazole rings is 1. The molecule has 3 aromatic heterocycles. The predicted octanol–water partition coefficient (Wildman–Crippen LogP) is 2.24. The van der Waals surface area contributed by atoms with E-state index in [2.05, 4.69) is 19.9 Å². The van der Waals surface area contributed by atoms with Gasteiger partial charge >= 0.3 is 0 Å². The molecule has 0 aliphatic heterocycles. The summed E-state index contributed by atoms with van der Waals surface area (Å²) in [5, 5.41) is 0.935. The molecule has 0 fully saturated rings. The van der Waals surface area contributed by atoms with Crippen molar-refractivity contribution in [1.82, 2.24) is 19.9 Å². The Morgan fingerprint density at radius 1 is 1.00 bits per heavy atom. The standard InChI is InChI=1S/C12H9N5S/c13-12-15-6-3-9(17-12)10-7-16-11(18-10)8-1-4-14-5-2-8/h1-7H,(H2,13,15,17). The van der Waals surface area contributed by atoms with Crippen molar-refractivity contribution in [3.8, 4) is 21.1 Å². The molecule has 3 heterocycles. The number of hydrogen-bond donors (Lipinski definition) is 1. The highest BCUT2D eigenvalue weighted by molar-refractivity contribution is 7.18. The number of hydrogen-bond acceptors (Lipinski definition) is 6. The Kier molecular flexibility index (Phi) is 2.70. The number of aromatic nitrogens is 4. The Bertz CT molecular complexity index is 665. The predicted molar refractivity (Wildman–Crippen MR) is 70.8 cm³/mol. The minimum atomic E-state index is 0.270. The van der Waals surface area contributed by atoms with E-state index >= 15 is 0 Å². The van der Waals surface area contributed by atoms with Gasteiger partial charge in [-0.25, -0.2) is 15.0 Å². The van der Waals surface area contributed by atoms with Gasteiger partial charge in [0, 0.05) is 30.4 Å².